The molecule has 0 radical (unpaired) electrons. The van der Waals surface area contributed by atoms with Gasteiger partial charge in [-0.05, 0) is 25.0 Å². The van der Waals surface area contributed by atoms with Gasteiger partial charge in [0, 0.05) is 50.2 Å². The molecule has 0 saturated carbocycles. The zero-order valence-electron chi connectivity index (χ0n) is 16.2. The topological polar surface area (TPSA) is 44.8 Å². The fraction of sp³-hybridized carbons (Fsp3) is 0.476. The molecule has 7 heteroatoms. The molecule has 1 atom stereocenters. The lowest BCUT2D eigenvalue weighted by molar-refractivity contribution is 0.0774. The second-order valence-corrected chi connectivity index (χ2v) is 8.13. The molecule has 1 aromatic heterocycles. The lowest BCUT2D eigenvalue weighted by Gasteiger charge is -2.32. The molecule has 4 rings (SSSR count). The van der Waals surface area contributed by atoms with Crippen molar-refractivity contribution >= 4 is 29.7 Å². The summed E-state index contributed by atoms with van der Waals surface area (Å²) in [6.07, 6.45) is 1.06. The van der Waals surface area contributed by atoms with E-state index < -0.39 is 0 Å². The van der Waals surface area contributed by atoms with E-state index in [0.717, 1.165) is 66.8 Å². The summed E-state index contributed by atoms with van der Waals surface area (Å²) in [5.74, 6) is 0.834. The summed E-state index contributed by atoms with van der Waals surface area (Å²) in [6, 6.07) is 12.7. The SMILES string of the molecule is CCOc1cc(-c2ccccc2)sc1C(=O)N1CCC(N2CCNCC2)C1.Cl. The van der Waals surface area contributed by atoms with E-state index in [9.17, 15) is 4.79 Å². The number of nitrogens with one attached hydrogen (secondary N) is 1. The molecule has 0 aliphatic carbocycles. The van der Waals surface area contributed by atoms with Crippen molar-refractivity contribution in [3.63, 3.8) is 0 Å². The van der Waals surface area contributed by atoms with Crippen LogP contribution in [-0.4, -0.2) is 67.6 Å². The number of carbonyl (C=O) groups is 1. The number of nitrogens with zero attached hydrogens (tertiary/aromatic N) is 2. The Labute approximate surface area is 177 Å². The maximum Gasteiger partial charge on any atom is 0.267 e. The molecule has 2 aliphatic heterocycles. The molecule has 1 amide bonds. The minimum atomic E-state index is 0. The van der Waals surface area contributed by atoms with Gasteiger partial charge < -0.3 is 15.0 Å². The van der Waals surface area contributed by atoms with E-state index in [2.05, 4.69) is 22.3 Å². The summed E-state index contributed by atoms with van der Waals surface area (Å²) < 4.78 is 5.81. The summed E-state index contributed by atoms with van der Waals surface area (Å²) in [4.78, 5) is 19.6. The maximum atomic E-state index is 13.2. The van der Waals surface area contributed by atoms with Crippen LogP contribution in [0.2, 0.25) is 0 Å². The highest BCUT2D eigenvalue weighted by molar-refractivity contribution is 7.17. The first kappa shape index (κ1) is 21.1. The van der Waals surface area contributed by atoms with Gasteiger partial charge in [-0.1, -0.05) is 30.3 Å². The smallest absolute Gasteiger partial charge is 0.267 e. The van der Waals surface area contributed by atoms with E-state index >= 15 is 0 Å². The van der Waals surface area contributed by atoms with E-state index in [1.807, 2.05) is 36.1 Å². The third-order valence-corrected chi connectivity index (χ3v) is 6.52. The second-order valence-electron chi connectivity index (χ2n) is 7.08. The van der Waals surface area contributed by atoms with E-state index in [4.69, 9.17) is 4.74 Å². The van der Waals surface area contributed by atoms with Crippen LogP contribution in [0.4, 0.5) is 0 Å². The van der Waals surface area contributed by atoms with Crippen LogP contribution >= 0.6 is 23.7 Å². The molecule has 2 fully saturated rings. The summed E-state index contributed by atoms with van der Waals surface area (Å²) in [5.41, 5.74) is 1.13. The molecule has 5 nitrogen and oxygen atoms in total. The van der Waals surface area contributed by atoms with E-state index in [0.29, 0.717) is 12.6 Å². The van der Waals surface area contributed by atoms with Crippen molar-refractivity contribution < 1.29 is 9.53 Å². The van der Waals surface area contributed by atoms with Crippen molar-refractivity contribution in [2.24, 2.45) is 0 Å². The van der Waals surface area contributed by atoms with Crippen molar-refractivity contribution in [2.75, 3.05) is 45.9 Å². The number of piperazine rings is 1. The van der Waals surface area contributed by atoms with Crippen LogP contribution in [0.3, 0.4) is 0 Å². The Hall–Kier alpha value is -1.60. The summed E-state index contributed by atoms with van der Waals surface area (Å²) >= 11 is 1.54. The number of ether oxygens (including phenoxy) is 1. The predicted octanol–water partition coefficient (Wildman–Crippen LogP) is 3.36. The molecule has 3 heterocycles. The largest absolute Gasteiger partial charge is 0.492 e. The monoisotopic (exact) mass is 421 g/mol. The molecular weight excluding hydrogens is 394 g/mol. The van der Waals surface area contributed by atoms with Gasteiger partial charge in [-0.2, -0.15) is 0 Å². The van der Waals surface area contributed by atoms with Crippen LogP contribution in [0.15, 0.2) is 36.4 Å². The fourth-order valence-electron chi connectivity index (χ4n) is 3.95. The van der Waals surface area contributed by atoms with Crippen LogP contribution in [0.5, 0.6) is 5.75 Å². The summed E-state index contributed by atoms with van der Waals surface area (Å²) in [5, 5.41) is 3.40. The number of carbonyl (C=O) groups excluding carboxylic acids is 1. The van der Waals surface area contributed by atoms with Gasteiger partial charge in [0.1, 0.15) is 10.6 Å². The Morgan fingerprint density at radius 3 is 2.68 bits per heavy atom. The normalized spacial score (nSPS) is 20.0. The maximum absolute atomic E-state index is 13.2. The molecule has 1 N–H and O–H groups in total. The zero-order valence-corrected chi connectivity index (χ0v) is 17.9. The van der Waals surface area contributed by atoms with Gasteiger partial charge in [0.2, 0.25) is 0 Å². The lowest BCUT2D eigenvalue weighted by atomic mass is 10.2. The Bertz CT molecular complexity index is 777. The number of benzene rings is 1. The molecule has 1 unspecified atom stereocenters. The third kappa shape index (κ3) is 4.51. The standard InChI is InChI=1S/C21H27N3O2S.ClH/c1-2-26-18-14-19(16-6-4-3-5-7-16)27-20(18)21(25)24-11-8-17(15-24)23-12-9-22-10-13-23;/h3-7,14,17,22H,2,8-13,15H2,1H3;1H. The lowest BCUT2D eigenvalue weighted by Crippen LogP contribution is -2.49. The van der Waals surface area contributed by atoms with Gasteiger partial charge in [-0.15, -0.1) is 23.7 Å². The molecule has 2 saturated heterocycles. The van der Waals surface area contributed by atoms with Crippen molar-refractivity contribution in [1.82, 2.24) is 15.1 Å². The quantitative estimate of drug-likeness (QED) is 0.804. The first-order valence-electron chi connectivity index (χ1n) is 9.82. The summed E-state index contributed by atoms with van der Waals surface area (Å²) in [6.45, 7) is 8.43. The number of likely N-dealkylation sites (tertiary alicyclic amines) is 1. The highest BCUT2D eigenvalue weighted by Crippen LogP contribution is 2.37. The molecule has 28 heavy (non-hydrogen) atoms. The van der Waals surface area contributed by atoms with Crippen molar-refractivity contribution in [1.29, 1.82) is 0 Å². The van der Waals surface area contributed by atoms with E-state index in [-0.39, 0.29) is 18.3 Å². The number of halogens is 1. The van der Waals surface area contributed by atoms with Crippen molar-refractivity contribution in [2.45, 2.75) is 19.4 Å². The number of hydrogen-bond acceptors (Lipinski definition) is 5. The molecular formula is C21H28ClN3O2S. The van der Waals surface area contributed by atoms with Crippen LogP contribution in [0.1, 0.15) is 23.0 Å². The average molecular weight is 422 g/mol. The molecule has 2 aromatic rings. The number of rotatable bonds is 5. The molecule has 0 bridgehead atoms. The predicted molar refractivity (Wildman–Crippen MR) is 117 cm³/mol. The van der Waals surface area contributed by atoms with Crippen molar-refractivity contribution in [3.8, 4) is 16.2 Å². The van der Waals surface area contributed by atoms with Crippen LogP contribution in [0.25, 0.3) is 10.4 Å². The van der Waals surface area contributed by atoms with Gasteiger partial charge in [-0.3, -0.25) is 9.69 Å². The highest BCUT2D eigenvalue weighted by atomic mass is 35.5. The van der Waals surface area contributed by atoms with Gasteiger partial charge in [-0.25, -0.2) is 0 Å². The van der Waals surface area contributed by atoms with Gasteiger partial charge in [0.25, 0.3) is 5.91 Å². The third-order valence-electron chi connectivity index (χ3n) is 5.37. The summed E-state index contributed by atoms with van der Waals surface area (Å²) in [7, 11) is 0. The first-order chi connectivity index (χ1) is 13.3. The highest BCUT2D eigenvalue weighted by Gasteiger charge is 2.33. The van der Waals surface area contributed by atoms with Crippen LogP contribution in [0, 0.1) is 0 Å². The molecule has 1 aromatic carbocycles. The van der Waals surface area contributed by atoms with E-state index in [1.165, 1.54) is 0 Å². The molecule has 2 aliphatic rings. The van der Waals surface area contributed by atoms with Crippen molar-refractivity contribution in [3.05, 3.63) is 41.3 Å². The molecule has 152 valence electrons. The van der Waals surface area contributed by atoms with E-state index in [1.54, 1.807) is 11.3 Å². The Morgan fingerprint density at radius 1 is 1.21 bits per heavy atom. The van der Waals surface area contributed by atoms with Gasteiger partial charge >= 0.3 is 0 Å². The first-order valence-corrected chi connectivity index (χ1v) is 10.6. The number of thiophene rings is 1. The Morgan fingerprint density at radius 2 is 1.96 bits per heavy atom. The number of hydrogen-bond donors (Lipinski definition) is 1. The van der Waals surface area contributed by atoms with Crippen LogP contribution in [-0.2, 0) is 0 Å². The minimum absolute atomic E-state index is 0. The minimum Gasteiger partial charge on any atom is -0.492 e. The Balaban J connectivity index is 0.00000225. The second kappa shape index (κ2) is 9.74. The Kier molecular flexibility index (Phi) is 7.35. The number of amides is 1. The average Bonchev–Trinajstić information content (AvgIpc) is 3.37. The van der Waals surface area contributed by atoms with Crippen LogP contribution < -0.4 is 10.1 Å². The zero-order chi connectivity index (χ0) is 18.6. The fourth-order valence-corrected chi connectivity index (χ4v) is 5.02. The molecule has 0 spiro atoms. The van der Waals surface area contributed by atoms with Gasteiger partial charge in [0.05, 0.1) is 6.61 Å². The van der Waals surface area contributed by atoms with Gasteiger partial charge in [0.15, 0.2) is 0 Å².